The first kappa shape index (κ1) is 17.3. The first-order valence-electron chi connectivity index (χ1n) is 7.25. The summed E-state index contributed by atoms with van der Waals surface area (Å²) >= 11 is 1.41. The summed E-state index contributed by atoms with van der Waals surface area (Å²) in [6.07, 6.45) is 0.572. The Balaban J connectivity index is 1.82. The Kier molecular flexibility index (Phi) is 6.02. The number of hydrogen-bond donors (Lipinski definition) is 2. The highest BCUT2D eigenvalue weighted by Gasteiger charge is 2.41. The van der Waals surface area contributed by atoms with E-state index in [1.54, 1.807) is 12.1 Å². The molecule has 23 heavy (non-hydrogen) atoms. The third-order valence-corrected chi connectivity index (χ3v) is 4.72. The number of carboxylic acid groups (broad SMARTS) is 1. The van der Waals surface area contributed by atoms with Crippen LogP contribution in [0, 0.1) is 11.3 Å². The van der Waals surface area contributed by atoms with Crippen LogP contribution in [0.3, 0.4) is 0 Å². The lowest BCUT2D eigenvalue weighted by atomic mass is 9.90. The predicted molar refractivity (Wildman–Crippen MR) is 85.9 cm³/mol. The second kappa shape index (κ2) is 7.99. The van der Waals surface area contributed by atoms with Crippen molar-refractivity contribution in [3.05, 3.63) is 35.4 Å². The van der Waals surface area contributed by atoms with Crippen molar-refractivity contribution >= 4 is 23.6 Å². The zero-order valence-electron chi connectivity index (χ0n) is 12.6. The molecule has 0 radical (unpaired) electrons. The van der Waals surface area contributed by atoms with Gasteiger partial charge in [0.1, 0.15) is 5.54 Å². The van der Waals surface area contributed by atoms with E-state index >= 15 is 0 Å². The number of carboxylic acids is 1. The molecule has 0 bridgehead atoms. The van der Waals surface area contributed by atoms with Crippen molar-refractivity contribution in [2.45, 2.75) is 24.1 Å². The van der Waals surface area contributed by atoms with Crippen LogP contribution in [0.2, 0.25) is 0 Å². The average molecular weight is 334 g/mol. The van der Waals surface area contributed by atoms with Crippen LogP contribution in [0.25, 0.3) is 0 Å². The molecule has 1 fully saturated rings. The molecule has 1 saturated heterocycles. The molecule has 0 spiro atoms. The summed E-state index contributed by atoms with van der Waals surface area (Å²) in [5.74, 6) is -0.475. The summed E-state index contributed by atoms with van der Waals surface area (Å²) < 4.78 is 5.17. The lowest BCUT2D eigenvalue weighted by molar-refractivity contribution is -0.151. The van der Waals surface area contributed by atoms with E-state index in [1.807, 2.05) is 12.1 Å². The highest BCUT2D eigenvalue weighted by atomic mass is 32.2. The molecular weight excluding hydrogens is 316 g/mol. The van der Waals surface area contributed by atoms with Crippen LogP contribution in [0.15, 0.2) is 24.3 Å². The van der Waals surface area contributed by atoms with Crippen molar-refractivity contribution in [2.24, 2.45) is 0 Å². The number of nitrogens with zero attached hydrogens (tertiary/aromatic N) is 1. The van der Waals surface area contributed by atoms with Crippen LogP contribution >= 0.6 is 11.8 Å². The number of ether oxygens (including phenoxy) is 1. The van der Waals surface area contributed by atoms with Gasteiger partial charge in [-0.2, -0.15) is 5.26 Å². The SMILES string of the molecule is N#Cc1ccc(CSCC(=O)NC2(C(=O)O)CCOCC2)cc1. The van der Waals surface area contributed by atoms with Gasteiger partial charge in [-0.1, -0.05) is 12.1 Å². The molecule has 0 unspecified atom stereocenters. The lowest BCUT2D eigenvalue weighted by Crippen LogP contribution is -2.57. The monoisotopic (exact) mass is 334 g/mol. The predicted octanol–water partition coefficient (Wildman–Crippen LogP) is 1.54. The largest absolute Gasteiger partial charge is 0.480 e. The van der Waals surface area contributed by atoms with Crippen LogP contribution in [0.1, 0.15) is 24.0 Å². The molecule has 1 aliphatic heterocycles. The van der Waals surface area contributed by atoms with E-state index in [0.717, 1.165) is 5.56 Å². The van der Waals surface area contributed by atoms with E-state index in [4.69, 9.17) is 10.00 Å². The maximum atomic E-state index is 12.0. The van der Waals surface area contributed by atoms with Gasteiger partial charge in [0.15, 0.2) is 0 Å². The number of benzene rings is 1. The highest BCUT2D eigenvalue weighted by molar-refractivity contribution is 7.99. The number of nitriles is 1. The molecule has 7 heteroatoms. The fourth-order valence-electron chi connectivity index (χ4n) is 2.35. The molecule has 1 amide bonds. The molecule has 1 heterocycles. The number of hydrogen-bond acceptors (Lipinski definition) is 5. The van der Waals surface area contributed by atoms with Crippen LogP contribution in [-0.2, 0) is 20.1 Å². The topological polar surface area (TPSA) is 99.4 Å². The summed E-state index contributed by atoms with van der Waals surface area (Å²) in [4.78, 5) is 23.5. The number of thioether (sulfide) groups is 1. The van der Waals surface area contributed by atoms with E-state index in [-0.39, 0.29) is 24.5 Å². The Morgan fingerprint density at radius 1 is 1.30 bits per heavy atom. The number of nitrogens with one attached hydrogen (secondary N) is 1. The molecule has 0 aromatic heterocycles. The molecule has 122 valence electrons. The quantitative estimate of drug-likeness (QED) is 0.819. The Labute approximate surface area is 138 Å². The summed E-state index contributed by atoms with van der Waals surface area (Å²) in [5.41, 5.74) is 0.407. The second-order valence-corrected chi connectivity index (χ2v) is 6.33. The summed E-state index contributed by atoms with van der Waals surface area (Å²) in [5, 5.41) is 20.8. The molecular formula is C16H18N2O4S. The van der Waals surface area contributed by atoms with Gasteiger partial charge in [-0.25, -0.2) is 4.79 Å². The van der Waals surface area contributed by atoms with Crippen molar-refractivity contribution in [1.29, 1.82) is 5.26 Å². The zero-order chi connectivity index (χ0) is 16.7. The molecule has 1 aromatic carbocycles. The number of aliphatic carboxylic acids is 1. The molecule has 0 saturated carbocycles. The van der Waals surface area contributed by atoms with E-state index in [1.165, 1.54) is 11.8 Å². The molecule has 2 rings (SSSR count). The Morgan fingerprint density at radius 2 is 1.96 bits per heavy atom. The minimum Gasteiger partial charge on any atom is -0.480 e. The van der Waals surface area contributed by atoms with Gasteiger partial charge in [0, 0.05) is 31.8 Å². The standard InChI is InChI=1S/C16H18N2O4S/c17-9-12-1-3-13(4-2-12)10-23-11-14(19)18-16(15(20)21)5-7-22-8-6-16/h1-4H,5-8,10-11H2,(H,18,19)(H,20,21). The molecule has 0 aliphatic carbocycles. The van der Waals surface area contributed by atoms with Gasteiger partial charge in [0.25, 0.3) is 0 Å². The third-order valence-electron chi connectivity index (χ3n) is 3.72. The summed E-state index contributed by atoms with van der Waals surface area (Å²) in [7, 11) is 0. The fourth-order valence-corrected chi connectivity index (χ4v) is 3.14. The van der Waals surface area contributed by atoms with Crippen LogP contribution < -0.4 is 5.32 Å². The van der Waals surface area contributed by atoms with Crippen LogP contribution in [0.4, 0.5) is 0 Å². The Morgan fingerprint density at radius 3 is 2.52 bits per heavy atom. The smallest absolute Gasteiger partial charge is 0.329 e. The highest BCUT2D eigenvalue weighted by Crippen LogP contribution is 2.21. The summed E-state index contributed by atoms with van der Waals surface area (Å²) in [6.45, 7) is 0.677. The van der Waals surface area contributed by atoms with Gasteiger partial charge in [-0.05, 0) is 17.7 Å². The maximum absolute atomic E-state index is 12.0. The van der Waals surface area contributed by atoms with E-state index in [0.29, 0.717) is 24.5 Å². The van der Waals surface area contributed by atoms with Crippen LogP contribution in [-0.4, -0.2) is 41.5 Å². The van der Waals surface area contributed by atoms with Crippen LogP contribution in [0.5, 0.6) is 0 Å². The number of amides is 1. The Hall–Kier alpha value is -2.04. The van der Waals surface area contributed by atoms with E-state index in [2.05, 4.69) is 11.4 Å². The number of carbonyl (C=O) groups is 2. The summed E-state index contributed by atoms with van der Waals surface area (Å²) in [6, 6.07) is 9.21. The van der Waals surface area contributed by atoms with Crippen molar-refractivity contribution in [1.82, 2.24) is 5.32 Å². The van der Waals surface area contributed by atoms with Gasteiger partial charge < -0.3 is 15.2 Å². The Bertz CT molecular complexity index is 604. The number of carbonyl (C=O) groups excluding carboxylic acids is 1. The first-order valence-corrected chi connectivity index (χ1v) is 8.40. The van der Waals surface area contributed by atoms with Gasteiger partial charge in [0.2, 0.25) is 5.91 Å². The lowest BCUT2D eigenvalue weighted by Gasteiger charge is -2.33. The van der Waals surface area contributed by atoms with E-state index in [9.17, 15) is 14.7 Å². The number of rotatable bonds is 6. The van der Waals surface area contributed by atoms with Gasteiger partial charge >= 0.3 is 5.97 Å². The first-order chi connectivity index (χ1) is 11.1. The van der Waals surface area contributed by atoms with Crippen molar-refractivity contribution in [3.8, 4) is 6.07 Å². The average Bonchev–Trinajstić information content (AvgIpc) is 2.56. The van der Waals surface area contributed by atoms with E-state index < -0.39 is 11.5 Å². The zero-order valence-corrected chi connectivity index (χ0v) is 13.4. The van der Waals surface area contributed by atoms with Gasteiger partial charge in [0.05, 0.1) is 17.4 Å². The normalized spacial score (nSPS) is 16.3. The minimum absolute atomic E-state index is 0.190. The van der Waals surface area contributed by atoms with Crippen molar-refractivity contribution < 1.29 is 19.4 Å². The molecule has 6 nitrogen and oxygen atoms in total. The van der Waals surface area contributed by atoms with Crippen molar-refractivity contribution in [2.75, 3.05) is 19.0 Å². The van der Waals surface area contributed by atoms with Crippen molar-refractivity contribution in [3.63, 3.8) is 0 Å². The molecule has 1 aliphatic rings. The second-order valence-electron chi connectivity index (χ2n) is 5.35. The molecule has 1 aromatic rings. The maximum Gasteiger partial charge on any atom is 0.329 e. The fraction of sp³-hybridized carbons (Fsp3) is 0.438. The third kappa shape index (κ3) is 4.71. The minimum atomic E-state index is -1.20. The van der Waals surface area contributed by atoms with Gasteiger partial charge in [-0.3, -0.25) is 4.79 Å². The molecule has 2 N–H and O–H groups in total. The van der Waals surface area contributed by atoms with Gasteiger partial charge in [-0.15, -0.1) is 11.8 Å². The molecule has 0 atom stereocenters.